The molecule has 178 valence electrons. The summed E-state index contributed by atoms with van der Waals surface area (Å²) < 4.78 is 11.4. The third-order valence-electron chi connectivity index (χ3n) is 4.55. The first-order valence-electron chi connectivity index (χ1n) is 10.3. The van der Waals surface area contributed by atoms with E-state index in [1.54, 1.807) is 6.92 Å². The van der Waals surface area contributed by atoms with Crippen LogP contribution in [0.2, 0.25) is 0 Å². The topological polar surface area (TPSA) is 151 Å². The number of rotatable bonds is 12. The third kappa shape index (κ3) is 10.6. The average Bonchev–Trinajstić information content (AvgIpc) is 2.65. The second-order valence-electron chi connectivity index (χ2n) is 8.30. The van der Waals surface area contributed by atoms with Gasteiger partial charge in [0.25, 0.3) is 5.12 Å². The maximum Gasteiger partial charge on any atom is 0.254 e. The molecule has 3 unspecified atom stereocenters. The molecule has 11 heteroatoms. The van der Waals surface area contributed by atoms with E-state index in [-0.39, 0.29) is 50.8 Å². The molecule has 31 heavy (non-hydrogen) atoms. The summed E-state index contributed by atoms with van der Waals surface area (Å²) in [5, 5.41) is 24.1. The highest BCUT2D eigenvalue weighted by Crippen LogP contribution is 2.32. The fourth-order valence-electron chi connectivity index (χ4n) is 2.93. The molecule has 0 spiro atoms. The Morgan fingerprint density at radius 1 is 1.16 bits per heavy atom. The summed E-state index contributed by atoms with van der Waals surface area (Å²) in [4.78, 5) is 46.5. The van der Waals surface area contributed by atoms with Gasteiger partial charge in [0.2, 0.25) is 17.6 Å². The van der Waals surface area contributed by atoms with Crippen LogP contribution in [-0.4, -0.2) is 83.0 Å². The van der Waals surface area contributed by atoms with Crippen molar-refractivity contribution in [2.45, 2.75) is 71.6 Å². The van der Waals surface area contributed by atoms with Gasteiger partial charge in [-0.3, -0.25) is 19.2 Å². The van der Waals surface area contributed by atoms with Gasteiger partial charge in [0.15, 0.2) is 6.29 Å². The summed E-state index contributed by atoms with van der Waals surface area (Å²) >= 11 is 0.848. The lowest BCUT2D eigenvalue weighted by Crippen LogP contribution is -2.54. The first kappa shape index (κ1) is 27.5. The third-order valence-corrected chi connectivity index (χ3v) is 5.51. The maximum atomic E-state index is 12.6. The number of ether oxygens (including phenoxy) is 2. The molecule has 1 aliphatic rings. The number of aliphatic hydroxyl groups excluding tert-OH is 2. The van der Waals surface area contributed by atoms with Crippen molar-refractivity contribution in [3.63, 3.8) is 0 Å². The molecule has 4 N–H and O–H groups in total. The van der Waals surface area contributed by atoms with Gasteiger partial charge in [0.1, 0.15) is 6.10 Å². The lowest BCUT2D eigenvalue weighted by Gasteiger charge is -2.41. The van der Waals surface area contributed by atoms with Gasteiger partial charge in [-0.2, -0.15) is 0 Å². The van der Waals surface area contributed by atoms with Crippen LogP contribution in [0.5, 0.6) is 0 Å². The van der Waals surface area contributed by atoms with Crippen LogP contribution in [0.3, 0.4) is 0 Å². The van der Waals surface area contributed by atoms with E-state index >= 15 is 0 Å². The van der Waals surface area contributed by atoms with Crippen LogP contribution in [0.15, 0.2) is 0 Å². The number of thioether (sulfide) groups is 1. The van der Waals surface area contributed by atoms with Crippen molar-refractivity contribution in [2.24, 2.45) is 5.41 Å². The number of carbonyl (C=O) groups excluding carboxylic acids is 4. The first-order valence-corrected chi connectivity index (χ1v) is 11.3. The van der Waals surface area contributed by atoms with Crippen LogP contribution in [0.4, 0.5) is 0 Å². The Labute approximate surface area is 186 Å². The SMILES string of the molecule is CC(=O)C(=O)SCCNC(=O)CCNC(=O)[C@@H]1OC(CC(O)CC(C)O)OCC1(C)C. The second-order valence-corrected chi connectivity index (χ2v) is 9.37. The van der Waals surface area contributed by atoms with E-state index in [0.29, 0.717) is 5.75 Å². The van der Waals surface area contributed by atoms with Crippen molar-refractivity contribution in [1.82, 2.24) is 10.6 Å². The summed E-state index contributed by atoms with van der Waals surface area (Å²) in [6, 6.07) is 0. The standard InChI is InChI=1S/C20H34N2O8S/c1-12(23)9-14(25)10-16-29-11-20(3,4)17(30-16)18(27)22-6-5-15(26)21-7-8-31-19(28)13(2)24/h12,14,16-17,23,25H,5-11H2,1-4H3,(H,21,26)(H,22,27)/t12?,14?,16?,17-/m0/s1. The number of carbonyl (C=O) groups is 4. The first-order chi connectivity index (χ1) is 14.4. The van der Waals surface area contributed by atoms with E-state index in [4.69, 9.17) is 9.47 Å². The van der Waals surface area contributed by atoms with Gasteiger partial charge in [0.05, 0.1) is 18.8 Å². The van der Waals surface area contributed by atoms with Crippen LogP contribution in [0, 0.1) is 5.41 Å². The Morgan fingerprint density at radius 3 is 2.45 bits per heavy atom. The minimum Gasteiger partial charge on any atom is -0.393 e. The van der Waals surface area contributed by atoms with Crippen LogP contribution in [0.1, 0.15) is 47.0 Å². The van der Waals surface area contributed by atoms with E-state index in [2.05, 4.69) is 10.6 Å². The summed E-state index contributed by atoms with van der Waals surface area (Å²) in [5.74, 6) is -0.902. The molecule has 0 bridgehead atoms. The number of ketones is 1. The Bertz CT molecular complexity index is 641. The van der Waals surface area contributed by atoms with E-state index < -0.39 is 40.9 Å². The van der Waals surface area contributed by atoms with Crippen molar-refractivity contribution in [2.75, 3.05) is 25.4 Å². The maximum absolute atomic E-state index is 12.6. The van der Waals surface area contributed by atoms with Gasteiger partial charge in [-0.15, -0.1) is 0 Å². The molecular formula is C20H34N2O8S. The minimum absolute atomic E-state index is 0.0528. The largest absolute Gasteiger partial charge is 0.393 e. The molecule has 0 aromatic rings. The average molecular weight is 463 g/mol. The quantitative estimate of drug-likeness (QED) is 0.227. The predicted molar refractivity (Wildman–Crippen MR) is 114 cm³/mol. The molecule has 2 amide bonds. The molecule has 0 aromatic carbocycles. The second kappa shape index (κ2) is 13.1. The van der Waals surface area contributed by atoms with Crippen LogP contribution in [0.25, 0.3) is 0 Å². The van der Waals surface area contributed by atoms with E-state index in [0.717, 1.165) is 11.8 Å². The molecule has 1 rings (SSSR count). The number of hydrogen-bond donors (Lipinski definition) is 4. The lowest BCUT2D eigenvalue weighted by molar-refractivity contribution is -0.261. The molecule has 1 heterocycles. The smallest absolute Gasteiger partial charge is 0.254 e. The number of Topliss-reactive ketones (excluding diaryl/α,β-unsaturated/α-hetero) is 1. The molecule has 10 nitrogen and oxygen atoms in total. The van der Waals surface area contributed by atoms with Gasteiger partial charge in [-0.25, -0.2) is 0 Å². The summed E-state index contributed by atoms with van der Waals surface area (Å²) in [6.07, 6.45) is -2.69. The lowest BCUT2D eigenvalue weighted by atomic mass is 9.85. The number of aliphatic hydroxyl groups is 2. The fraction of sp³-hybridized carbons (Fsp3) is 0.800. The fourth-order valence-corrected chi connectivity index (χ4v) is 3.52. The summed E-state index contributed by atoms with van der Waals surface area (Å²) in [6.45, 7) is 7.03. The molecule has 0 saturated carbocycles. The minimum atomic E-state index is -0.818. The van der Waals surface area contributed by atoms with Crippen molar-refractivity contribution >= 4 is 34.5 Å². The molecule has 1 saturated heterocycles. The summed E-state index contributed by atoms with van der Waals surface area (Å²) in [5.41, 5.74) is -0.599. The van der Waals surface area contributed by atoms with Gasteiger partial charge < -0.3 is 30.3 Å². The molecule has 4 atom stereocenters. The van der Waals surface area contributed by atoms with Crippen molar-refractivity contribution < 1.29 is 38.9 Å². The molecule has 0 aromatic heterocycles. The normalized spacial score (nSPS) is 22.3. The zero-order valence-corrected chi connectivity index (χ0v) is 19.3. The molecule has 0 aliphatic carbocycles. The molecule has 1 fully saturated rings. The highest BCUT2D eigenvalue weighted by atomic mass is 32.2. The van der Waals surface area contributed by atoms with E-state index in [1.807, 2.05) is 13.8 Å². The Kier molecular flexibility index (Phi) is 11.6. The van der Waals surface area contributed by atoms with Gasteiger partial charge >= 0.3 is 0 Å². The zero-order chi connectivity index (χ0) is 23.6. The number of nitrogens with one attached hydrogen (secondary N) is 2. The van der Waals surface area contributed by atoms with Gasteiger partial charge in [-0.1, -0.05) is 25.6 Å². The van der Waals surface area contributed by atoms with Gasteiger partial charge in [-0.05, 0) is 13.3 Å². The van der Waals surface area contributed by atoms with Crippen LogP contribution >= 0.6 is 11.8 Å². The number of amides is 2. The highest BCUT2D eigenvalue weighted by Gasteiger charge is 2.43. The summed E-state index contributed by atoms with van der Waals surface area (Å²) in [7, 11) is 0. The van der Waals surface area contributed by atoms with Gasteiger partial charge in [0, 0.05) is 44.0 Å². The Morgan fingerprint density at radius 2 is 1.84 bits per heavy atom. The van der Waals surface area contributed by atoms with Crippen molar-refractivity contribution in [3.05, 3.63) is 0 Å². The monoisotopic (exact) mass is 462 g/mol. The van der Waals surface area contributed by atoms with Crippen LogP contribution < -0.4 is 10.6 Å². The van der Waals surface area contributed by atoms with Crippen LogP contribution in [-0.2, 0) is 28.7 Å². The van der Waals surface area contributed by atoms with E-state index in [9.17, 15) is 29.4 Å². The predicted octanol–water partition coefficient (Wildman–Crippen LogP) is -0.253. The Balaban J connectivity index is 2.38. The number of hydrogen-bond acceptors (Lipinski definition) is 9. The molecular weight excluding hydrogens is 428 g/mol. The zero-order valence-electron chi connectivity index (χ0n) is 18.5. The van der Waals surface area contributed by atoms with Crippen molar-refractivity contribution in [3.8, 4) is 0 Å². The van der Waals surface area contributed by atoms with E-state index in [1.165, 1.54) is 6.92 Å². The highest BCUT2D eigenvalue weighted by molar-refractivity contribution is 8.15. The molecule has 1 aliphatic heterocycles. The Hall–Kier alpha value is -1.53. The van der Waals surface area contributed by atoms with Crippen molar-refractivity contribution in [1.29, 1.82) is 0 Å². The molecule has 0 radical (unpaired) electrons.